The van der Waals surface area contributed by atoms with Crippen LogP contribution in [0.4, 0.5) is 5.69 Å². The number of ether oxygens (including phenoxy) is 1. The van der Waals surface area contributed by atoms with E-state index in [0.717, 1.165) is 13.1 Å². The van der Waals surface area contributed by atoms with Crippen LogP contribution in [0.25, 0.3) is 10.8 Å². The Morgan fingerprint density at radius 2 is 1.73 bits per heavy atom. The molecule has 5 heteroatoms. The molecule has 1 amide bonds. The van der Waals surface area contributed by atoms with Crippen molar-refractivity contribution in [3.63, 3.8) is 0 Å². The number of methoxy groups -OCH3 is 1. The van der Waals surface area contributed by atoms with E-state index in [9.17, 15) is 9.59 Å². The minimum Gasteiger partial charge on any atom is -0.465 e. The fraction of sp³-hybridized carbons (Fsp3) is 0.280. The quantitative estimate of drug-likeness (QED) is 0.559. The van der Waals surface area contributed by atoms with Gasteiger partial charge in [-0.25, -0.2) is 4.79 Å². The highest BCUT2D eigenvalue weighted by Gasteiger charge is 2.29. The van der Waals surface area contributed by atoms with E-state index in [0.29, 0.717) is 23.7 Å². The topological polar surface area (TPSA) is 58.6 Å². The van der Waals surface area contributed by atoms with Crippen molar-refractivity contribution < 1.29 is 14.3 Å². The summed E-state index contributed by atoms with van der Waals surface area (Å²) in [5.74, 6) is -0.411. The lowest BCUT2D eigenvalue weighted by Crippen LogP contribution is -2.29. The number of fused-ring (bicyclic) bond motifs is 1. The number of carbonyl (C=O) groups is 2. The van der Waals surface area contributed by atoms with E-state index in [1.54, 1.807) is 24.3 Å². The van der Waals surface area contributed by atoms with Gasteiger partial charge in [-0.05, 0) is 53.4 Å². The molecule has 154 valence electrons. The molecule has 0 bridgehead atoms. The fourth-order valence-corrected chi connectivity index (χ4v) is 3.76. The van der Waals surface area contributed by atoms with Crippen molar-refractivity contribution in [3.8, 4) is 0 Å². The number of rotatable bonds is 8. The summed E-state index contributed by atoms with van der Waals surface area (Å²) in [6, 6.07) is 22.2. The summed E-state index contributed by atoms with van der Waals surface area (Å²) in [5.41, 5.74) is 2.45. The first-order valence-electron chi connectivity index (χ1n) is 10.3. The SMILES string of the molecule is COC(=O)c1ccc(NC(=O)CCN(Cc2cccc3ccccc23)C2CC2)cc1. The van der Waals surface area contributed by atoms with E-state index >= 15 is 0 Å². The van der Waals surface area contributed by atoms with Crippen LogP contribution in [0.3, 0.4) is 0 Å². The van der Waals surface area contributed by atoms with E-state index in [1.807, 2.05) is 0 Å². The van der Waals surface area contributed by atoms with E-state index in [1.165, 1.54) is 36.3 Å². The predicted molar refractivity (Wildman–Crippen MR) is 118 cm³/mol. The number of esters is 1. The molecule has 0 atom stereocenters. The van der Waals surface area contributed by atoms with Crippen LogP contribution < -0.4 is 5.32 Å². The highest BCUT2D eigenvalue weighted by Crippen LogP contribution is 2.30. The Hall–Kier alpha value is -3.18. The number of benzene rings is 3. The van der Waals surface area contributed by atoms with Gasteiger partial charge in [-0.1, -0.05) is 42.5 Å². The summed E-state index contributed by atoms with van der Waals surface area (Å²) in [6.45, 7) is 1.58. The smallest absolute Gasteiger partial charge is 0.337 e. The van der Waals surface area contributed by atoms with E-state index in [2.05, 4.69) is 52.7 Å². The van der Waals surface area contributed by atoms with Gasteiger partial charge >= 0.3 is 5.97 Å². The van der Waals surface area contributed by atoms with Crippen molar-refractivity contribution in [2.45, 2.75) is 31.8 Å². The zero-order valence-electron chi connectivity index (χ0n) is 17.1. The van der Waals surface area contributed by atoms with Gasteiger partial charge < -0.3 is 10.1 Å². The van der Waals surface area contributed by atoms with Crippen molar-refractivity contribution in [2.75, 3.05) is 19.0 Å². The third kappa shape index (κ3) is 4.86. The van der Waals surface area contributed by atoms with E-state index in [-0.39, 0.29) is 11.9 Å². The number of amides is 1. The summed E-state index contributed by atoms with van der Waals surface area (Å²) in [4.78, 5) is 26.4. The molecule has 0 heterocycles. The third-order valence-corrected chi connectivity index (χ3v) is 5.53. The molecule has 4 rings (SSSR count). The molecule has 1 aliphatic rings. The Kier molecular flexibility index (Phi) is 6.10. The molecule has 1 N–H and O–H groups in total. The van der Waals surface area contributed by atoms with Crippen molar-refractivity contribution in [1.29, 1.82) is 0 Å². The molecular weight excluding hydrogens is 376 g/mol. The van der Waals surface area contributed by atoms with Crippen LogP contribution in [-0.4, -0.2) is 36.5 Å². The lowest BCUT2D eigenvalue weighted by atomic mass is 10.0. The summed E-state index contributed by atoms with van der Waals surface area (Å²) < 4.78 is 4.69. The number of nitrogens with one attached hydrogen (secondary N) is 1. The van der Waals surface area contributed by atoms with Crippen molar-refractivity contribution >= 4 is 28.3 Å². The van der Waals surface area contributed by atoms with Crippen LogP contribution in [0.15, 0.2) is 66.7 Å². The predicted octanol–water partition coefficient (Wildman–Crippen LogP) is 4.62. The van der Waals surface area contributed by atoms with Crippen LogP contribution in [0, 0.1) is 0 Å². The van der Waals surface area contributed by atoms with Gasteiger partial charge in [0, 0.05) is 31.2 Å². The van der Waals surface area contributed by atoms with Crippen LogP contribution in [0.1, 0.15) is 35.2 Å². The first-order chi connectivity index (χ1) is 14.6. The lowest BCUT2D eigenvalue weighted by molar-refractivity contribution is -0.116. The van der Waals surface area contributed by atoms with Crippen molar-refractivity contribution in [1.82, 2.24) is 4.90 Å². The standard InChI is InChI=1S/C25H26N2O3/c1-30-25(29)19-9-11-21(12-10-19)26-24(28)15-16-27(22-13-14-22)17-20-7-4-6-18-5-2-3-8-23(18)20/h2-12,22H,13-17H2,1H3,(H,26,28). The molecule has 1 aliphatic carbocycles. The molecule has 5 nitrogen and oxygen atoms in total. The molecule has 0 saturated heterocycles. The van der Waals surface area contributed by atoms with Gasteiger partial charge in [0.25, 0.3) is 0 Å². The highest BCUT2D eigenvalue weighted by molar-refractivity contribution is 5.93. The average Bonchev–Trinajstić information content (AvgIpc) is 3.62. The largest absolute Gasteiger partial charge is 0.465 e. The van der Waals surface area contributed by atoms with Gasteiger partial charge in [0.15, 0.2) is 0 Å². The van der Waals surface area contributed by atoms with Crippen LogP contribution >= 0.6 is 0 Å². The minimum absolute atomic E-state index is 0.0237. The molecule has 0 unspecified atom stereocenters. The summed E-state index contributed by atoms with van der Waals surface area (Å²) in [5, 5.41) is 5.44. The second-order valence-corrected chi connectivity index (χ2v) is 7.71. The molecule has 0 spiro atoms. The molecule has 1 saturated carbocycles. The molecule has 0 radical (unpaired) electrons. The van der Waals surface area contributed by atoms with Crippen molar-refractivity contribution in [2.24, 2.45) is 0 Å². The highest BCUT2D eigenvalue weighted by atomic mass is 16.5. The maximum absolute atomic E-state index is 12.5. The Bertz CT molecular complexity index is 1040. The zero-order chi connectivity index (χ0) is 20.9. The average molecular weight is 402 g/mol. The molecule has 3 aromatic rings. The Balaban J connectivity index is 1.36. The lowest BCUT2D eigenvalue weighted by Gasteiger charge is -2.22. The van der Waals surface area contributed by atoms with E-state index in [4.69, 9.17) is 4.74 Å². The fourth-order valence-electron chi connectivity index (χ4n) is 3.76. The Morgan fingerprint density at radius 1 is 1.00 bits per heavy atom. The van der Waals surface area contributed by atoms with Gasteiger partial charge in [-0.3, -0.25) is 9.69 Å². The van der Waals surface area contributed by atoms with Gasteiger partial charge in [0.1, 0.15) is 0 Å². The summed E-state index contributed by atoms with van der Waals surface area (Å²) in [7, 11) is 1.35. The normalized spacial score (nSPS) is 13.4. The first kappa shape index (κ1) is 20.1. The Morgan fingerprint density at radius 3 is 2.47 bits per heavy atom. The summed E-state index contributed by atoms with van der Waals surface area (Å²) >= 11 is 0. The molecule has 1 fully saturated rings. The van der Waals surface area contributed by atoms with Crippen LogP contribution in [-0.2, 0) is 16.1 Å². The van der Waals surface area contributed by atoms with Crippen molar-refractivity contribution in [3.05, 3.63) is 77.9 Å². The third-order valence-electron chi connectivity index (χ3n) is 5.53. The van der Waals surface area contributed by atoms with E-state index < -0.39 is 0 Å². The van der Waals surface area contributed by atoms with Gasteiger partial charge in [0.05, 0.1) is 12.7 Å². The van der Waals surface area contributed by atoms with Crippen LogP contribution in [0.2, 0.25) is 0 Å². The maximum Gasteiger partial charge on any atom is 0.337 e. The van der Waals surface area contributed by atoms with Gasteiger partial charge in [0.2, 0.25) is 5.91 Å². The molecular formula is C25H26N2O3. The molecule has 0 aliphatic heterocycles. The monoisotopic (exact) mass is 402 g/mol. The Labute approximate surface area is 176 Å². The molecule has 30 heavy (non-hydrogen) atoms. The minimum atomic E-state index is -0.388. The van der Waals surface area contributed by atoms with Gasteiger partial charge in [-0.2, -0.15) is 0 Å². The summed E-state index contributed by atoms with van der Waals surface area (Å²) in [6.07, 6.45) is 2.82. The first-order valence-corrected chi connectivity index (χ1v) is 10.3. The second-order valence-electron chi connectivity index (χ2n) is 7.71. The number of nitrogens with zero attached hydrogens (tertiary/aromatic N) is 1. The number of anilines is 1. The molecule has 3 aromatic carbocycles. The van der Waals surface area contributed by atoms with Crippen LogP contribution in [0.5, 0.6) is 0 Å². The maximum atomic E-state index is 12.5. The molecule has 0 aromatic heterocycles. The second kappa shape index (κ2) is 9.09. The number of carbonyl (C=O) groups excluding carboxylic acids is 2. The number of hydrogen-bond acceptors (Lipinski definition) is 4. The van der Waals surface area contributed by atoms with Gasteiger partial charge in [-0.15, -0.1) is 0 Å². The zero-order valence-corrected chi connectivity index (χ0v) is 17.1. The number of hydrogen-bond donors (Lipinski definition) is 1.